The molecule has 35 heteroatoms. The Kier molecular flexibility index (Phi) is 30.8. The summed E-state index contributed by atoms with van der Waals surface area (Å²) in [5.41, 5.74) is 14.6. The van der Waals surface area contributed by atoms with Gasteiger partial charge in [0.1, 0.15) is 73.1 Å². The number of fused-ring (bicyclic) bond motifs is 18. The van der Waals surface area contributed by atoms with Crippen LogP contribution in [0.4, 0.5) is 47.7 Å². The van der Waals surface area contributed by atoms with Crippen molar-refractivity contribution in [3.05, 3.63) is 332 Å². The summed E-state index contributed by atoms with van der Waals surface area (Å²) in [6, 6.07) is 104. The number of rotatable bonds is 8. The summed E-state index contributed by atoms with van der Waals surface area (Å²) in [5, 5.41) is 75.8. The second-order valence-corrected chi connectivity index (χ2v) is 32.2. The molecule has 0 saturated carbocycles. The van der Waals surface area contributed by atoms with Crippen molar-refractivity contribution >= 4 is 240 Å². The van der Waals surface area contributed by atoms with E-state index in [9.17, 15) is 71.5 Å². The fraction of sp³-hybridized carbons (Fsp3) is 0.0625. The number of nitrogens with zero attached hydrogens (tertiary/aromatic N) is 1. The molecule has 5 heterocycles. The molecule has 16 aromatic carbocycles. The molecule has 0 aliphatic heterocycles. The Morgan fingerprint density at radius 2 is 0.695 bits per heavy atom. The first-order valence-corrected chi connectivity index (χ1v) is 43.1. The zero-order valence-electron chi connectivity index (χ0n) is 67.1. The van der Waals surface area contributed by atoms with E-state index in [1.165, 1.54) is 43.6 Å². The van der Waals surface area contributed by atoms with Crippen molar-refractivity contribution < 1.29 is 114 Å². The van der Waals surface area contributed by atoms with Gasteiger partial charge in [0, 0.05) is 77.6 Å². The molecule has 0 fully saturated rings. The van der Waals surface area contributed by atoms with Crippen LogP contribution in [0.1, 0.15) is 13.0 Å². The standard InChI is InChI=1S/C23H16O.C22H14O2.C12H9BO3.C12H7BrO2.C12H8O2.C10H9BO2.C4F10O2S.CH4.BFPS.BHNS/c1-15-12-23-21(19-8-4-5-9-22(19)24-23)14-20(15)18-11-10-16-6-2-3-7-17(16)13-18;23-20-13-22-19(17-7-3-4-8-21(17)24-22)12-18(20)16-10-9-14-5-1-2-6-15(14)11-16;14-13(15)8-5-6-10-9-3-1-2-4-11(9)16-12(10)7-8;13-9-5-8-7-3-1-2-4-11(7)15-12(8)6-10(9)14;13-8-5-6-10-9-3-1-2-4-11(9)14-12(10)7-8;12-11(13)10-6-5-8-3-1-2-4-9(8)7-10;5-1(6,3(9,10)11)2(7,8)4(12,13)17(14,15)16;;2-1-3-4;1-2-3/h2-14H,1H3;1-13,23H;1-7,14-15H;1-6,14H;1-7,13H;1-7,12-13H;;1H4;;3H. The quantitative estimate of drug-likeness (QED) is 0.0231. The van der Waals surface area contributed by atoms with E-state index < -0.39 is 47.7 Å². The first-order valence-electron chi connectivity index (χ1n) is 38.5. The number of aromatic hydroxyl groups is 3. The van der Waals surface area contributed by atoms with Crippen molar-refractivity contribution in [2.75, 3.05) is 0 Å². The fourth-order valence-electron chi connectivity index (χ4n) is 14.1. The SMILES string of the molecule is C.Cc1cc2oc3ccccc3c2cc1-c1ccc2ccccc2c1.F[B]P=S.O=S(=O)(F)C(F)(F)C(F)(F)C(F)(F)C(F)(F)F.OB(O)c1ccc2c(c1)oc1ccccc12.OB(O)c1ccc2ccccc2c1.Oc1cc2oc3ccccc3c2cc1-c1ccc2ccccc2c1.Oc1cc2oc3ccccc3c2cc1Br.Oc1ccc2c(c1)oc1ccccc12.[B]=NS. The van der Waals surface area contributed by atoms with Crippen LogP contribution in [0, 0.1) is 6.92 Å². The van der Waals surface area contributed by atoms with Crippen LogP contribution in [0.2, 0.25) is 0 Å². The first-order chi connectivity index (χ1) is 62.0. The molecule has 2 radical (unpaired) electrons. The van der Waals surface area contributed by atoms with E-state index in [0.29, 0.717) is 46.7 Å². The topological polar surface area (TPSA) is 254 Å². The third kappa shape index (κ3) is 21.4. The van der Waals surface area contributed by atoms with Crippen LogP contribution in [-0.4, -0.2) is 96.3 Å². The van der Waals surface area contributed by atoms with Gasteiger partial charge in [0.15, 0.2) is 0 Å². The number of phenols is 3. The monoisotopic (exact) mass is 1920 g/mol. The number of hydrogen-bond acceptors (Lipinski definition) is 17. The summed E-state index contributed by atoms with van der Waals surface area (Å²) in [4.78, 5) is 0. The number of alkyl halides is 9. The average Bonchev–Trinajstić information content (AvgIpc) is 1.72. The van der Waals surface area contributed by atoms with Crippen molar-refractivity contribution in [1.82, 2.24) is 0 Å². The van der Waals surface area contributed by atoms with E-state index in [2.05, 4.69) is 150 Å². The predicted molar refractivity (Wildman–Crippen MR) is 511 cm³/mol. The summed E-state index contributed by atoms with van der Waals surface area (Å²) in [6.07, 6.45) is -7.19. The maximum atomic E-state index is 12.1. The van der Waals surface area contributed by atoms with Gasteiger partial charge in [-0.2, -0.15) is 47.9 Å². The van der Waals surface area contributed by atoms with Gasteiger partial charge in [0.2, 0.25) is 0 Å². The van der Waals surface area contributed by atoms with Crippen LogP contribution in [0.25, 0.3) is 164 Å². The molecule has 21 aromatic rings. The Labute approximate surface area is 761 Å². The minimum absolute atomic E-state index is 0. The molecule has 15 nitrogen and oxygen atoms in total. The van der Waals surface area contributed by atoms with Gasteiger partial charge >= 0.3 is 79.8 Å². The zero-order chi connectivity index (χ0) is 93.2. The van der Waals surface area contributed by atoms with Gasteiger partial charge in [0.05, 0.1) is 4.47 Å². The minimum atomic E-state index is -7.67. The number of thiol groups is 1. The van der Waals surface area contributed by atoms with Crippen LogP contribution < -0.4 is 10.9 Å². The number of para-hydroxylation sites is 5. The molecule has 0 unspecified atom stereocenters. The van der Waals surface area contributed by atoms with Gasteiger partial charge in [0.25, 0.3) is 0 Å². The van der Waals surface area contributed by atoms with Crippen molar-refractivity contribution in [3.63, 3.8) is 0 Å². The normalized spacial score (nSPS) is 11.5. The average molecular weight is 1920 g/mol. The number of halogens is 12. The molecule has 0 bridgehead atoms. The summed E-state index contributed by atoms with van der Waals surface area (Å²) in [5.74, 6) is -14.3. The molecule has 0 aliphatic carbocycles. The van der Waals surface area contributed by atoms with Gasteiger partial charge < -0.3 is 61.8 Å². The van der Waals surface area contributed by atoms with E-state index in [1.807, 2.05) is 182 Å². The number of hydrogen-bond donors (Lipinski definition) is 8. The Hall–Kier alpha value is -12.9. The Balaban J connectivity index is 0.000000138. The Bertz CT molecular complexity index is 7650. The summed E-state index contributed by atoms with van der Waals surface area (Å²) >= 11 is 10.6. The van der Waals surface area contributed by atoms with Gasteiger partial charge in [-0.1, -0.05) is 242 Å². The molecule has 0 atom stereocenters. The molecule has 0 amide bonds. The molecule has 7 N–H and O–H groups in total. The van der Waals surface area contributed by atoms with Crippen molar-refractivity contribution in [1.29, 1.82) is 0 Å². The molecule has 660 valence electrons. The number of phenolic OH excluding ortho intramolecular Hbond substituents is 3. The van der Waals surface area contributed by atoms with E-state index in [0.717, 1.165) is 109 Å². The second kappa shape index (κ2) is 41.5. The second-order valence-electron chi connectivity index (χ2n) is 28.7. The molecule has 21 rings (SSSR count). The van der Waals surface area contributed by atoms with Gasteiger partial charge in [-0.05, 0) is 181 Å². The number of aryl methyl sites for hydroxylation is 1. The van der Waals surface area contributed by atoms with E-state index in [4.69, 9.17) is 42.2 Å². The van der Waals surface area contributed by atoms with Crippen LogP contribution >= 0.6 is 36.0 Å². The number of benzene rings is 16. The van der Waals surface area contributed by atoms with E-state index in [1.54, 1.807) is 48.5 Å². The van der Waals surface area contributed by atoms with Crippen LogP contribution in [0.3, 0.4) is 0 Å². The van der Waals surface area contributed by atoms with Crippen molar-refractivity contribution in [2.24, 2.45) is 4.30 Å². The molecule has 0 saturated heterocycles. The Morgan fingerprint density at radius 1 is 0.389 bits per heavy atom. The summed E-state index contributed by atoms with van der Waals surface area (Å²) in [6.45, 7) is 2.15. The fourth-order valence-corrected chi connectivity index (χ4v) is 14.9. The van der Waals surface area contributed by atoms with E-state index >= 15 is 0 Å². The molecule has 0 aliphatic rings. The van der Waals surface area contributed by atoms with Crippen LogP contribution in [-0.2, 0) is 22.0 Å². The van der Waals surface area contributed by atoms with E-state index in [-0.39, 0.29) is 24.7 Å². The maximum absolute atomic E-state index is 12.1. The first kappa shape index (κ1) is 97.2. The third-order valence-electron chi connectivity index (χ3n) is 20.4. The van der Waals surface area contributed by atoms with Crippen LogP contribution in [0.5, 0.6) is 17.2 Å². The summed E-state index contributed by atoms with van der Waals surface area (Å²) in [7, 11) is -5.47. The van der Waals surface area contributed by atoms with Crippen LogP contribution in [0.15, 0.2) is 352 Å². The Morgan fingerprint density at radius 3 is 1.10 bits per heavy atom. The predicted octanol–water partition coefficient (Wildman–Crippen LogP) is 26.4. The van der Waals surface area contributed by atoms with Gasteiger partial charge in [-0.25, -0.2) is 0 Å². The van der Waals surface area contributed by atoms with Gasteiger partial charge in [-0.3, -0.25) is 0 Å². The molecule has 5 aromatic heterocycles. The summed E-state index contributed by atoms with van der Waals surface area (Å²) < 4.78 is 179. The van der Waals surface area contributed by atoms with Gasteiger partial charge in [-0.15, -0.1) is 0 Å². The molecule has 131 heavy (non-hydrogen) atoms. The molecule has 0 spiro atoms. The zero-order valence-corrected chi connectivity index (χ0v) is 72.1. The molecular weight excluding hydrogens is 1850 g/mol. The number of furan rings is 5. The van der Waals surface area contributed by atoms with Crippen molar-refractivity contribution in [3.8, 4) is 39.5 Å². The third-order valence-corrected chi connectivity index (χ3v) is 22.2. The molecular formula is C96H68B4BrF11NO14PS3. The van der Waals surface area contributed by atoms with Crippen molar-refractivity contribution in [2.45, 2.75) is 37.6 Å².